The maximum absolute atomic E-state index is 11.3. The third kappa shape index (κ3) is 34.7. The first-order chi connectivity index (χ1) is 19.3. The van der Waals surface area contributed by atoms with Crippen LogP contribution >= 0.6 is 11.6 Å². The van der Waals surface area contributed by atoms with Crippen molar-refractivity contribution in [2.24, 2.45) is 5.73 Å². The lowest BCUT2D eigenvalue weighted by molar-refractivity contribution is -0.137. The van der Waals surface area contributed by atoms with Gasteiger partial charge in [-0.25, -0.2) is 0 Å². The molecule has 9 N–H and O–H groups in total. The zero-order valence-corrected chi connectivity index (χ0v) is 22.9. The van der Waals surface area contributed by atoms with Crippen LogP contribution in [0.2, 0.25) is 0 Å². The quantitative estimate of drug-likeness (QED) is 0.126. The molecule has 0 heterocycles. The van der Waals surface area contributed by atoms with Crippen molar-refractivity contribution in [3.63, 3.8) is 0 Å². The molecule has 0 unspecified atom stereocenters. The standard InChI is InChI=1S/C11H12N2O2.C6H7N.C5H7NO3.C3H3ClO.C2H5NO2/c1-2-10(14)12-8-11(15)13-9-6-4-3-5-7-9;7-6-4-2-1-3-5-6;1-2-4(7)6-3-5(8)9;1-2-3(4)5;3-1-2(4)5/h2-7H,1,8H2,(H,12,14)(H,13,15);1-5H,7H2;2H,1,3H2,(H,6,7)(H,8,9);2H,1H2;1,3H2,(H,4,5). The van der Waals surface area contributed by atoms with Crippen molar-refractivity contribution in [1.82, 2.24) is 10.6 Å². The second-order valence-corrected chi connectivity index (χ2v) is 7.04. The minimum Gasteiger partial charge on any atom is -0.480 e. The summed E-state index contributed by atoms with van der Waals surface area (Å²) in [5.74, 6) is -3.14. The smallest absolute Gasteiger partial charge is 0.322 e. The predicted molar refractivity (Wildman–Crippen MR) is 158 cm³/mol. The van der Waals surface area contributed by atoms with Crippen molar-refractivity contribution < 1.29 is 39.0 Å². The lowest BCUT2D eigenvalue weighted by atomic mass is 10.3. The Labute approximate surface area is 242 Å². The number of allylic oxidation sites excluding steroid dienone is 1. The fourth-order valence-corrected chi connectivity index (χ4v) is 1.65. The van der Waals surface area contributed by atoms with Crippen molar-refractivity contribution in [2.75, 3.05) is 30.7 Å². The third-order valence-corrected chi connectivity index (χ3v) is 3.55. The van der Waals surface area contributed by atoms with Crippen LogP contribution in [0.15, 0.2) is 98.6 Å². The lowest BCUT2D eigenvalue weighted by Gasteiger charge is -2.04. The molecule has 0 fully saturated rings. The zero-order chi connectivity index (χ0) is 32.1. The van der Waals surface area contributed by atoms with Crippen molar-refractivity contribution >= 4 is 57.9 Å². The van der Waals surface area contributed by atoms with Crippen LogP contribution in [-0.4, -0.2) is 64.7 Å². The Hall–Kier alpha value is -5.27. The SMILES string of the molecule is C=CC(=O)Cl.C=CC(=O)NCC(=O)Nc1ccccc1.C=CC(=O)NCC(=O)O.NCC(=O)O.Nc1ccccc1. The highest BCUT2D eigenvalue weighted by atomic mass is 35.5. The van der Waals surface area contributed by atoms with E-state index in [0.29, 0.717) is 5.69 Å². The molecule has 0 aliphatic carbocycles. The minimum atomic E-state index is -1.06. The number of carboxylic acid groups (broad SMARTS) is 2. The molecule has 2 rings (SSSR count). The Morgan fingerprint density at radius 2 is 1.12 bits per heavy atom. The summed E-state index contributed by atoms with van der Waals surface area (Å²) in [5, 5.41) is 22.2. The van der Waals surface area contributed by atoms with E-state index < -0.39 is 23.1 Å². The van der Waals surface area contributed by atoms with Crippen molar-refractivity contribution in [3.8, 4) is 0 Å². The zero-order valence-electron chi connectivity index (χ0n) is 22.1. The highest BCUT2D eigenvalue weighted by molar-refractivity contribution is 6.66. The van der Waals surface area contributed by atoms with Gasteiger partial charge in [0.25, 0.3) is 0 Å². The molecule has 0 bridgehead atoms. The number of anilines is 2. The van der Waals surface area contributed by atoms with Crippen LogP contribution in [0.4, 0.5) is 11.4 Å². The summed E-state index contributed by atoms with van der Waals surface area (Å²) in [7, 11) is 0. The molecule has 13 nitrogen and oxygen atoms in total. The van der Waals surface area contributed by atoms with E-state index in [-0.39, 0.29) is 31.4 Å². The highest BCUT2D eigenvalue weighted by Crippen LogP contribution is 2.03. The number of para-hydroxylation sites is 2. The number of hydrogen-bond acceptors (Lipinski definition) is 8. The van der Waals surface area contributed by atoms with Crippen LogP contribution in [0, 0.1) is 0 Å². The highest BCUT2D eigenvalue weighted by Gasteiger charge is 2.02. The predicted octanol–water partition coefficient (Wildman–Crippen LogP) is 1.54. The molecule has 0 aliphatic heterocycles. The Morgan fingerprint density at radius 3 is 1.41 bits per heavy atom. The van der Waals surface area contributed by atoms with Crippen LogP contribution < -0.4 is 27.4 Å². The number of hydrogen-bond donors (Lipinski definition) is 7. The van der Waals surface area contributed by atoms with Gasteiger partial charge in [-0.3, -0.25) is 28.8 Å². The molecule has 0 aliphatic rings. The Morgan fingerprint density at radius 1 is 0.732 bits per heavy atom. The number of carbonyl (C=O) groups is 6. The van der Waals surface area contributed by atoms with Gasteiger partial charge in [0.15, 0.2) is 0 Å². The van der Waals surface area contributed by atoms with E-state index in [1.54, 1.807) is 12.1 Å². The average molecular weight is 592 g/mol. The number of nitrogens with two attached hydrogens (primary N) is 2. The first-order valence-electron chi connectivity index (χ1n) is 11.2. The molecule has 2 aromatic rings. The van der Waals surface area contributed by atoms with E-state index in [1.165, 1.54) is 0 Å². The van der Waals surface area contributed by atoms with Crippen molar-refractivity contribution in [3.05, 3.63) is 98.6 Å². The molecule has 0 saturated heterocycles. The largest absolute Gasteiger partial charge is 0.480 e. The molecule has 14 heteroatoms. The second-order valence-electron chi connectivity index (χ2n) is 6.67. The van der Waals surface area contributed by atoms with E-state index in [1.807, 2.05) is 48.5 Å². The Bertz CT molecular complexity index is 1110. The summed E-state index contributed by atoms with van der Waals surface area (Å²) < 4.78 is 0. The molecule has 3 amide bonds. The van der Waals surface area contributed by atoms with Crippen LogP contribution in [-0.2, 0) is 28.8 Å². The number of benzene rings is 2. The van der Waals surface area contributed by atoms with Gasteiger partial charge in [0.05, 0.1) is 13.1 Å². The number of nitrogen functional groups attached to an aromatic ring is 1. The van der Waals surface area contributed by atoms with Crippen molar-refractivity contribution in [1.29, 1.82) is 0 Å². The average Bonchev–Trinajstić information content (AvgIpc) is 2.96. The molecule has 0 atom stereocenters. The van der Waals surface area contributed by atoms with E-state index in [4.69, 9.17) is 27.5 Å². The molecule has 0 radical (unpaired) electrons. The Balaban J connectivity index is -0.000000477. The molecule has 0 saturated carbocycles. The van der Waals surface area contributed by atoms with Crippen molar-refractivity contribution in [2.45, 2.75) is 0 Å². The number of aliphatic carboxylic acids is 2. The molecule has 222 valence electrons. The number of nitrogens with one attached hydrogen (secondary N) is 3. The number of halogens is 1. The minimum absolute atomic E-state index is 0.0558. The molecule has 41 heavy (non-hydrogen) atoms. The number of carboxylic acids is 2. The van der Waals surface area contributed by atoms with E-state index >= 15 is 0 Å². The second kappa shape index (κ2) is 27.8. The van der Waals surface area contributed by atoms with Crippen LogP contribution in [0.5, 0.6) is 0 Å². The maximum atomic E-state index is 11.3. The number of rotatable bonds is 9. The molecule has 0 aromatic heterocycles. The Kier molecular flexibility index (Phi) is 27.2. The van der Waals surface area contributed by atoms with Gasteiger partial charge in [-0.15, -0.1) is 0 Å². The van der Waals surface area contributed by atoms with Crippen LogP contribution in [0.25, 0.3) is 0 Å². The summed E-state index contributed by atoms with van der Waals surface area (Å²) in [5.41, 5.74) is 11.5. The van der Waals surface area contributed by atoms with Gasteiger partial charge >= 0.3 is 11.9 Å². The molecular weight excluding hydrogens is 558 g/mol. The first-order valence-corrected chi connectivity index (χ1v) is 11.6. The molecular formula is C27H34ClN5O8. The maximum Gasteiger partial charge on any atom is 0.322 e. The molecule has 2 aromatic carbocycles. The monoisotopic (exact) mass is 591 g/mol. The summed E-state index contributed by atoms with van der Waals surface area (Å²) in [6, 6.07) is 18.5. The van der Waals surface area contributed by atoms with Gasteiger partial charge < -0.3 is 37.6 Å². The number of amides is 3. The van der Waals surface area contributed by atoms with Gasteiger partial charge in [-0.2, -0.15) is 0 Å². The summed E-state index contributed by atoms with van der Waals surface area (Å²) in [6.07, 6.45) is 3.18. The first kappa shape index (κ1) is 40.2. The topological polar surface area (TPSA) is 231 Å². The fraction of sp³-hybridized carbons (Fsp3) is 0.111. The van der Waals surface area contributed by atoms with Crippen LogP contribution in [0.3, 0.4) is 0 Å². The lowest BCUT2D eigenvalue weighted by Crippen LogP contribution is -2.31. The fourth-order valence-electron chi connectivity index (χ4n) is 1.65. The summed E-state index contributed by atoms with van der Waals surface area (Å²) in [4.78, 5) is 60.7. The van der Waals surface area contributed by atoms with Gasteiger partial charge in [0.1, 0.15) is 6.54 Å². The summed E-state index contributed by atoms with van der Waals surface area (Å²) in [6.45, 7) is 8.80. The third-order valence-electron chi connectivity index (χ3n) is 3.40. The van der Waals surface area contributed by atoms with Gasteiger partial charge in [0.2, 0.25) is 23.0 Å². The normalized spacial score (nSPS) is 8.24. The van der Waals surface area contributed by atoms with Crippen LogP contribution in [0.1, 0.15) is 0 Å². The number of carbonyl (C=O) groups excluding carboxylic acids is 4. The van der Waals surface area contributed by atoms with E-state index in [0.717, 1.165) is 23.9 Å². The molecule has 0 spiro atoms. The van der Waals surface area contributed by atoms with E-state index in [2.05, 4.69) is 41.4 Å². The van der Waals surface area contributed by atoms with Gasteiger partial charge in [-0.05, 0) is 54.1 Å². The summed E-state index contributed by atoms with van der Waals surface area (Å²) >= 11 is 4.71. The van der Waals surface area contributed by atoms with Gasteiger partial charge in [0, 0.05) is 11.4 Å². The van der Waals surface area contributed by atoms with Gasteiger partial charge in [-0.1, -0.05) is 56.1 Å². The van der Waals surface area contributed by atoms with E-state index in [9.17, 15) is 28.8 Å².